The Balaban J connectivity index is 1.96. The average Bonchev–Trinajstić information content (AvgIpc) is 2.91. The Labute approximate surface area is 115 Å². The fourth-order valence-electron chi connectivity index (χ4n) is 1.84. The predicted octanol–water partition coefficient (Wildman–Crippen LogP) is 2.49. The molecule has 0 N–H and O–H groups in total. The molecule has 1 aliphatic heterocycles. The largest absolute Gasteiger partial charge is 0.454 e. The molecule has 1 aliphatic rings. The molecule has 0 spiro atoms. The van der Waals surface area contributed by atoms with Crippen molar-refractivity contribution in [3.63, 3.8) is 0 Å². The van der Waals surface area contributed by atoms with E-state index in [0.717, 1.165) is 5.56 Å². The van der Waals surface area contributed by atoms with Gasteiger partial charge in [-0.3, -0.25) is 0 Å². The third-order valence-corrected chi connectivity index (χ3v) is 3.09. The Hall–Kier alpha value is -2.81. The van der Waals surface area contributed by atoms with Crippen LogP contribution in [0.1, 0.15) is 16.8 Å². The summed E-state index contributed by atoms with van der Waals surface area (Å²) in [6.07, 6.45) is 0. The molecule has 0 atom stereocenters. The fourth-order valence-corrected chi connectivity index (χ4v) is 1.84. The van der Waals surface area contributed by atoms with Crippen molar-refractivity contribution in [2.45, 2.75) is 13.8 Å². The summed E-state index contributed by atoms with van der Waals surface area (Å²) in [5, 5.41) is 17.1. The fraction of sp³-hybridized carbons (Fsp3) is 0.214. The van der Waals surface area contributed by atoms with Crippen LogP contribution in [0.4, 0.5) is 0 Å². The van der Waals surface area contributed by atoms with Gasteiger partial charge >= 0.3 is 0 Å². The van der Waals surface area contributed by atoms with Crippen LogP contribution in [0.15, 0.2) is 18.2 Å². The van der Waals surface area contributed by atoms with E-state index < -0.39 is 0 Å². The smallest absolute Gasteiger partial charge is 0.257 e. The Bertz CT molecular complexity index is 722. The molecular formula is C14H11N3O3. The first-order valence-corrected chi connectivity index (χ1v) is 6.00. The second kappa shape index (κ2) is 4.70. The molecule has 0 amide bonds. The second-order valence-corrected chi connectivity index (χ2v) is 4.32. The van der Waals surface area contributed by atoms with E-state index in [4.69, 9.17) is 14.2 Å². The summed E-state index contributed by atoms with van der Waals surface area (Å²) in [5.41, 5.74) is 1.85. The normalized spacial score (nSPS) is 12.1. The van der Waals surface area contributed by atoms with Gasteiger partial charge in [0.05, 0.1) is 5.69 Å². The van der Waals surface area contributed by atoms with Gasteiger partial charge in [-0.2, -0.15) is 10.4 Å². The second-order valence-electron chi connectivity index (χ2n) is 4.32. The molecule has 3 rings (SSSR count). The van der Waals surface area contributed by atoms with E-state index in [-0.39, 0.29) is 12.7 Å². The van der Waals surface area contributed by atoms with Gasteiger partial charge in [0.25, 0.3) is 5.88 Å². The van der Waals surface area contributed by atoms with Crippen molar-refractivity contribution in [3.8, 4) is 29.2 Å². The molecule has 2 aromatic rings. The van der Waals surface area contributed by atoms with Gasteiger partial charge in [-0.25, -0.2) is 0 Å². The molecule has 1 aromatic carbocycles. The highest BCUT2D eigenvalue weighted by Gasteiger charge is 2.16. The number of nitriles is 1. The van der Waals surface area contributed by atoms with E-state index >= 15 is 0 Å². The van der Waals surface area contributed by atoms with Crippen molar-refractivity contribution in [2.75, 3.05) is 6.79 Å². The highest BCUT2D eigenvalue weighted by Crippen LogP contribution is 2.36. The molecule has 6 nitrogen and oxygen atoms in total. The topological polar surface area (TPSA) is 77.3 Å². The maximum Gasteiger partial charge on any atom is 0.257 e. The van der Waals surface area contributed by atoms with Gasteiger partial charge < -0.3 is 14.2 Å². The first-order valence-electron chi connectivity index (χ1n) is 6.00. The number of hydrogen-bond donors (Lipinski definition) is 0. The van der Waals surface area contributed by atoms with Crippen LogP contribution >= 0.6 is 0 Å². The predicted molar refractivity (Wildman–Crippen MR) is 68.9 cm³/mol. The SMILES string of the molecule is Cc1nnc(Oc2ccc3c(c2)OCO3)c(C#N)c1C. The number of nitrogens with zero attached hydrogens (tertiary/aromatic N) is 3. The Morgan fingerprint density at radius 3 is 2.80 bits per heavy atom. The quantitative estimate of drug-likeness (QED) is 0.833. The number of aromatic nitrogens is 2. The summed E-state index contributed by atoms with van der Waals surface area (Å²) >= 11 is 0. The summed E-state index contributed by atoms with van der Waals surface area (Å²) < 4.78 is 16.1. The van der Waals surface area contributed by atoms with Crippen LogP contribution in [0, 0.1) is 25.2 Å². The standard InChI is InChI=1S/C14H11N3O3/c1-8-9(2)16-17-14(11(8)6-15)20-10-3-4-12-13(5-10)19-7-18-12/h3-5H,7H2,1-2H3. The van der Waals surface area contributed by atoms with Crippen LogP contribution in [0.2, 0.25) is 0 Å². The van der Waals surface area contributed by atoms with E-state index in [1.165, 1.54) is 0 Å². The van der Waals surface area contributed by atoms with Crippen molar-refractivity contribution in [2.24, 2.45) is 0 Å². The van der Waals surface area contributed by atoms with E-state index in [1.54, 1.807) is 25.1 Å². The maximum atomic E-state index is 9.21. The lowest BCUT2D eigenvalue weighted by atomic mass is 10.1. The summed E-state index contributed by atoms with van der Waals surface area (Å²) in [6, 6.07) is 7.26. The van der Waals surface area contributed by atoms with Gasteiger partial charge in [0, 0.05) is 6.07 Å². The average molecular weight is 269 g/mol. The highest BCUT2D eigenvalue weighted by atomic mass is 16.7. The molecule has 1 aromatic heterocycles. The molecule has 20 heavy (non-hydrogen) atoms. The first kappa shape index (κ1) is 12.2. The van der Waals surface area contributed by atoms with Crippen LogP contribution in [0.3, 0.4) is 0 Å². The van der Waals surface area contributed by atoms with Gasteiger partial charge in [-0.1, -0.05) is 0 Å². The summed E-state index contributed by atoms with van der Waals surface area (Å²) in [6.45, 7) is 3.81. The van der Waals surface area contributed by atoms with E-state index in [1.807, 2.05) is 6.92 Å². The maximum absolute atomic E-state index is 9.21. The molecule has 0 saturated heterocycles. The summed E-state index contributed by atoms with van der Waals surface area (Å²) in [4.78, 5) is 0. The third kappa shape index (κ3) is 1.99. The van der Waals surface area contributed by atoms with Crippen molar-refractivity contribution >= 4 is 0 Å². The zero-order valence-electron chi connectivity index (χ0n) is 11.0. The van der Waals surface area contributed by atoms with Crippen molar-refractivity contribution in [1.29, 1.82) is 5.26 Å². The van der Waals surface area contributed by atoms with Crippen LogP contribution in [-0.2, 0) is 0 Å². The van der Waals surface area contributed by atoms with Crippen molar-refractivity contribution in [1.82, 2.24) is 10.2 Å². The van der Waals surface area contributed by atoms with Crippen molar-refractivity contribution < 1.29 is 14.2 Å². The lowest BCUT2D eigenvalue weighted by Gasteiger charge is -2.08. The van der Waals surface area contributed by atoms with Gasteiger partial charge in [0.1, 0.15) is 17.4 Å². The molecule has 0 unspecified atom stereocenters. The minimum Gasteiger partial charge on any atom is -0.454 e. The molecule has 0 saturated carbocycles. The van der Waals surface area contributed by atoms with Gasteiger partial charge in [0.2, 0.25) is 6.79 Å². The minimum atomic E-state index is 0.189. The molecule has 6 heteroatoms. The first-order chi connectivity index (χ1) is 9.69. The molecule has 0 fully saturated rings. The molecule has 100 valence electrons. The number of hydrogen-bond acceptors (Lipinski definition) is 6. The number of ether oxygens (including phenoxy) is 3. The lowest BCUT2D eigenvalue weighted by Crippen LogP contribution is -2.00. The van der Waals surface area contributed by atoms with Crippen LogP contribution in [-0.4, -0.2) is 17.0 Å². The Morgan fingerprint density at radius 2 is 2.00 bits per heavy atom. The number of aryl methyl sites for hydroxylation is 1. The molecule has 0 radical (unpaired) electrons. The van der Waals surface area contributed by atoms with Crippen LogP contribution in [0.25, 0.3) is 0 Å². The number of benzene rings is 1. The van der Waals surface area contributed by atoms with Crippen LogP contribution < -0.4 is 14.2 Å². The van der Waals surface area contributed by atoms with Gasteiger partial charge in [-0.05, 0) is 31.5 Å². The summed E-state index contributed by atoms with van der Waals surface area (Å²) in [7, 11) is 0. The van der Waals surface area contributed by atoms with Crippen LogP contribution in [0.5, 0.6) is 23.1 Å². The molecular weight excluding hydrogens is 258 g/mol. The van der Waals surface area contributed by atoms with Gasteiger partial charge in [-0.15, -0.1) is 5.10 Å². The van der Waals surface area contributed by atoms with E-state index in [0.29, 0.717) is 28.5 Å². The molecule has 0 aliphatic carbocycles. The minimum absolute atomic E-state index is 0.189. The number of fused-ring (bicyclic) bond motifs is 1. The lowest BCUT2D eigenvalue weighted by molar-refractivity contribution is 0.174. The molecule has 2 heterocycles. The van der Waals surface area contributed by atoms with Crippen molar-refractivity contribution in [3.05, 3.63) is 35.0 Å². The Morgan fingerprint density at radius 1 is 1.20 bits per heavy atom. The van der Waals surface area contributed by atoms with E-state index in [9.17, 15) is 5.26 Å². The summed E-state index contributed by atoms with van der Waals surface area (Å²) in [5.74, 6) is 1.99. The number of rotatable bonds is 2. The highest BCUT2D eigenvalue weighted by molar-refractivity contribution is 5.50. The zero-order valence-corrected chi connectivity index (χ0v) is 11.0. The monoisotopic (exact) mass is 269 g/mol. The zero-order chi connectivity index (χ0) is 14.1. The third-order valence-electron chi connectivity index (χ3n) is 3.09. The van der Waals surface area contributed by atoms with Gasteiger partial charge in [0.15, 0.2) is 11.5 Å². The Kier molecular flexibility index (Phi) is 2.88. The molecule has 0 bridgehead atoms. The van der Waals surface area contributed by atoms with E-state index in [2.05, 4.69) is 16.3 Å².